The number of aliphatic hydroxyl groups excluding tert-OH is 1. The SMILES string of the molecule is OC(c1sccc1Cl)C(F)(F)C(F)(F)F. The fraction of sp³-hybridized carbons (Fsp3) is 0.429. The zero-order valence-electron chi connectivity index (χ0n) is 6.86. The average Bonchev–Trinajstić information content (AvgIpc) is 2.48. The number of halogens is 6. The molecule has 1 rings (SSSR count). The predicted molar refractivity (Wildman–Crippen MR) is 45.3 cm³/mol. The molecule has 1 aromatic rings. The zero-order valence-corrected chi connectivity index (χ0v) is 8.43. The first-order chi connectivity index (χ1) is 6.68. The lowest BCUT2D eigenvalue weighted by Gasteiger charge is -2.24. The molecule has 0 fully saturated rings. The maximum Gasteiger partial charge on any atom is 0.456 e. The van der Waals surface area contributed by atoms with E-state index >= 15 is 0 Å². The number of alkyl halides is 5. The second kappa shape index (κ2) is 3.88. The minimum Gasteiger partial charge on any atom is -0.381 e. The molecule has 0 aromatic carbocycles. The van der Waals surface area contributed by atoms with Crippen LogP contribution >= 0.6 is 22.9 Å². The highest BCUT2D eigenvalue weighted by atomic mass is 35.5. The van der Waals surface area contributed by atoms with E-state index in [2.05, 4.69) is 0 Å². The smallest absolute Gasteiger partial charge is 0.381 e. The molecule has 0 amide bonds. The second-order valence-electron chi connectivity index (χ2n) is 2.66. The van der Waals surface area contributed by atoms with E-state index in [-0.39, 0.29) is 5.02 Å². The van der Waals surface area contributed by atoms with Crippen molar-refractivity contribution in [1.29, 1.82) is 0 Å². The lowest BCUT2D eigenvalue weighted by atomic mass is 10.1. The fourth-order valence-electron chi connectivity index (χ4n) is 0.820. The van der Waals surface area contributed by atoms with Crippen LogP contribution in [0.15, 0.2) is 11.4 Å². The third kappa shape index (κ3) is 2.24. The summed E-state index contributed by atoms with van der Waals surface area (Å²) in [6, 6.07) is 1.14. The van der Waals surface area contributed by atoms with E-state index < -0.39 is 23.1 Å². The Labute approximate surface area is 90.1 Å². The molecule has 0 radical (unpaired) electrons. The van der Waals surface area contributed by atoms with Crippen LogP contribution in [0.1, 0.15) is 11.0 Å². The van der Waals surface area contributed by atoms with Gasteiger partial charge in [-0.05, 0) is 11.4 Å². The Morgan fingerprint density at radius 3 is 2.13 bits per heavy atom. The molecule has 1 N–H and O–H groups in total. The Balaban J connectivity index is 3.05. The molecule has 86 valence electrons. The van der Waals surface area contributed by atoms with Crippen molar-refractivity contribution < 1.29 is 27.1 Å². The Bertz CT molecular complexity index is 347. The number of aliphatic hydroxyl groups is 1. The monoisotopic (exact) mass is 266 g/mol. The lowest BCUT2D eigenvalue weighted by Crippen LogP contribution is -2.41. The Morgan fingerprint density at radius 1 is 1.27 bits per heavy atom. The molecule has 0 aliphatic rings. The van der Waals surface area contributed by atoms with Gasteiger partial charge in [0.2, 0.25) is 0 Å². The molecule has 15 heavy (non-hydrogen) atoms. The minimum atomic E-state index is -5.81. The molecule has 1 atom stereocenters. The van der Waals surface area contributed by atoms with Crippen molar-refractivity contribution in [3.8, 4) is 0 Å². The Morgan fingerprint density at radius 2 is 1.80 bits per heavy atom. The molecule has 0 saturated heterocycles. The molecule has 0 aliphatic heterocycles. The van der Waals surface area contributed by atoms with Gasteiger partial charge in [0.25, 0.3) is 0 Å². The van der Waals surface area contributed by atoms with Crippen LogP contribution in [0.2, 0.25) is 5.02 Å². The molecule has 0 bridgehead atoms. The van der Waals surface area contributed by atoms with Crippen LogP contribution in [0.3, 0.4) is 0 Å². The van der Waals surface area contributed by atoms with Gasteiger partial charge >= 0.3 is 12.1 Å². The number of rotatable bonds is 2. The molecule has 1 nitrogen and oxygen atoms in total. The molecule has 1 unspecified atom stereocenters. The van der Waals surface area contributed by atoms with Crippen molar-refractivity contribution in [2.24, 2.45) is 0 Å². The van der Waals surface area contributed by atoms with Crippen LogP contribution in [0.5, 0.6) is 0 Å². The minimum absolute atomic E-state index is 0.309. The number of hydrogen-bond donors (Lipinski definition) is 1. The highest BCUT2D eigenvalue weighted by Gasteiger charge is 2.63. The molecule has 0 saturated carbocycles. The maximum absolute atomic E-state index is 12.6. The zero-order chi connectivity index (χ0) is 11.9. The van der Waals surface area contributed by atoms with E-state index in [0.29, 0.717) is 11.3 Å². The first kappa shape index (κ1) is 12.7. The summed E-state index contributed by atoms with van der Waals surface area (Å²) in [5, 5.41) is 9.82. The average molecular weight is 267 g/mol. The lowest BCUT2D eigenvalue weighted by molar-refractivity contribution is -0.314. The van der Waals surface area contributed by atoms with E-state index in [0.717, 1.165) is 6.07 Å². The number of thiophene rings is 1. The van der Waals surface area contributed by atoms with E-state index in [1.54, 1.807) is 0 Å². The van der Waals surface area contributed by atoms with Crippen LogP contribution < -0.4 is 0 Å². The Hall–Kier alpha value is -0.400. The van der Waals surface area contributed by atoms with Crippen molar-refractivity contribution in [3.63, 3.8) is 0 Å². The summed E-state index contributed by atoms with van der Waals surface area (Å²) in [7, 11) is 0. The van der Waals surface area contributed by atoms with Gasteiger partial charge in [0.15, 0.2) is 6.10 Å². The van der Waals surface area contributed by atoms with Gasteiger partial charge in [-0.1, -0.05) is 11.6 Å². The van der Waals surface area contributed by atoms with Gasteiger partial charge < -0.3 is 5.11 Å². The van der Waals surface area contributed by atoms with Crippen LogP contribution in [-0.4, -0.2) is 17.2 Å². The van der Waals surface area contributed by atoms with Crippen LogP contribution in [0, 0.1) is 0 Å². The summed E-state index contributed by atoms with van der Waals surface area (Å²) in [5.41, 5.74) is 0. The van der Waals surface area contributed by atoms with Gasteiger partial charge in [0.05, 0.1) is 9.90 Å². The van der Waals surface area contributed by atoms with Gasteiger partial charge in [0.1, 0.15) is 0 Å². The molecular formula is C7H4ClF5OS. The van der Waals surface area contributed by atoms with Gasteiger partial charge in [-0.3, -0.25) is 0 Å². The van der Waals surface area contributed by atoms with Crippen molar-refractivity contribution in [1.82, 2.24) is 0 Å². The van der Waals surface area contributed by atoms with Crippen molar-refractivity contribution >= 4 is 22.9 Å². The molecule has 8 heteroatoms. The molecule has 1 aromatic heterocycles. The van der Waals surface area contributed by atoms with Crippen LogP contribution in [-0.2, 0) is 0 Å². The van der Waals surface area contributed by atoms with Gasteiger partial charge in [-0.25, -0.2) is 0 Å². The summed E-state index contributed by atoms with van der Waals surface area (Å²) in [6.07, 6.45) is -8.77. The summed E-state index contributed by atoms with van der Waals surface area (Å²) in [6.45, 7) is 0. The standard InChI is InChI=1S/C7H4ClF5OS/c8-3-1-2-15-4(3)5(14)6(9,10)7(11,12)13/h1-2,5,14H. The molecule has 0 spiro atoms. The van der Waals surface area contributed by atoms with Crippen LogP contribution in [0.4, 0.5) is 22.0 Å². The molecule has 0 aliphatic carbocycles. The highest BCUT2D eigenvalue weighted by Crippen LogP contribution is 2.47. The van der Waals surface area contributed by atoms with Crippen LogP contribution in [0.25, 0.3) is 0 Å². The van der Waals surface area contributed by atoms with E-state index in [9.17, 15) is 22.0 Å². The fourth-order valence-corrected chi connectivity index (χ4v) is 2.00. The largest absolute Gasteiger partial charge is 0.456 e. The normalized spacial score (nSPS) is 15.4. The molecular weight excluding hydrogens is 263 g/mol. The van der Waals surface area contributed by atoms with E-state index in [1.807, 2.05) is 0 Å². The Kier molecular flexibility index (Phi) is 3.27. The maximum atomic E-state index is 12.6. The summed E-state index contributed by atoms with van der Waals surface area (Å²) < 4.78 is 60.9. The highest BCUT2D eigenvalue weighted by molar-refractivity contribution is 7.10. The van der Waals surface area contributed by atoms with Crippen molar-refractivity contribution in [2.45, 2.75) is 18.2 Å². The van der Waals surface area contributed by atoms with Gasteiger partial charge in [-0.15, -0.1) is 11.3 Å². The van der Waals surface area contributed by atoms with Gasteiger partial charge in [0, 0.05) is 0 Å². The second-order valence-corrected chi connectivity index (χ2v) is 4.01. The van der Waals surface area contributed by atoms with Gasteiger partial charge in [-0.2, -0.15) is 22.0 Å². The third-order valence-electron chi connectivity index (χ3n) is 1.61. The van der Waals surface area contributed by atoms with Crippen molar-refractivity contribution in [2.75, 3.05) is 0 Å². The topological polar surface area (TPSA) is 20.2 Å². The third-order valence-corrected chi connectivity index (χ3v) is 3.03. The quantitative estimate of drug-likeness (QED) is 0.811. The summed E-state index contributed by atoms with van der Waals surface area (Å²) >= 11 is 5.88. The molecule has 1 heterocycles. The first-order valence-electron chi connectivity index (χ1n) is 3.53. The number of hydrogen-bond acceptors (Lipinski definition) is 2. The van der Waals surface area contributed by atoms with Crippen molar-refractivity contribution in [3.05, 3.63) is 21.3 Å². The summed E-state index contributed by atoms with van der Waals surface area (Å²) in [4.78, 5) is -0.598. The van der Waals surface area contributed by atoms with E-state index in [4.69, 9.17) is 16.7 Å². The predicted octanol–water partition coefficient (Wildman–Crippen LogP) is 3.63. The van der Waals surface area contributed by atoms with E-state index in [1.165, 1.54) is 5.38 Å². The summed E-state index contributed by atoms with van der Waals surface area (Å²) in [5.74, 6) is -5.21. The first-order valence-corrected chi connectivity index (χ1v) is 4.79.